The molecule has 1 aliphatic carbocycles. The molecule has 0 aromatic carbocycles. The van der Waals surface area contributed by atoms with Crippen LogP contribution in [0.15, 0.2) is 6.07 Å². The van der Waals surface area contributed by atoms with Crippen molar-refractivity contribution >= 4 is 5.91 Å². The maximum Gasteiger partial charge on any atom is 0.435 e. The molecule has 2 aliphatic rings. The predicted octanol–water partition coefficient (Wildman–Crippen LogP) is 2.01. The summed E-state index contributed by atoms with van der Waals surface area (Å²) >= 11 is 0. The summed E-state index contributed by atoms with van der Waals surface area (Å²) in [6.45, 7) is 4.98. The highest BCUT2D eigenvalue weighted by Gasteiger charge is 2.37. The minimum atomic E-state index is -4.45. The van der Waals surface area contributed by atoms with Gasteiger partial charge in [-0.05, 0) is 31.9 Å². The third-order valence-electron chi connectivity index (χ3n) is 4.72. The lowest BCUT2D eigenvalue weighted by Gasteiger charge is -2.26. The van der Waals surface area contributed by atoms with E-state index < -0.39 is 11.9 Å². The third kappa shape index (κ3) is 5.44. The van der Waals surface area contributed by atoms with Crippen LogP contribution in [0.1, 0.15) is 43.0 Å². The van der Waals surface area contributed by atoms with Gasteiger partial charge in [-0.2, -0.15) is 18.3 Å². The molecule has 26 heavy (non-hydrogen) atoms. The zero-order chi connectivity index (χ0) is 18.6. The number of aryl methyl sites for hydroxylation is 1. The van der Waals surface area contributed by atoms with Crippen molar-refractivity contribution in [3.8, 4) is 0 Å². The van der Waals surface area contributed by atoms with E-state index in [0.717, 1.165) is 58.2 Å². The zero-order valence-electron chi connectivity index (χ0n) is 14.7. The van der Waals surface area contributed by atoms with Crippen molar-refractivity contribution in [3.05, 3.63) is 17.5 Å². The second-order valence-electron chi connectivity index (χ2n) is 6.86. The Morgan fingerprint density at radius 3 is 2.65 bits per heavy atom. The first kappa shape index (κ1) is 19.2. The van der Waals surface area contributed by atoms with Crippen molar-refractivity contribution in [3.63, 3.8) is 0 Å². The van der Waals surface area contributed by atoms with Crippen molar-refractivity contribution in [1.29, 1.82) is 0 Å². The fourth-order valence-electron chi connectivity index (χ4n) is 3.11. The maximum atomic E-state index is 12.9. The molecule has 146 valence electrons. The standard InChI is InChI=1S/C17H25F3N4O2/c18-17(19,20)15-12-14(13-2-3-13)24(22-15)7-4-16(25)21-5-1-6-23-8-10-26-11-9-23/h12-13H,1-11H2,(H,21,25). The van der Waals surface area contributed by atoms with E-state index in [0.29, 0.717) is 12.2 Å². The molecule has 1 aromatic heterocycles. The monoisotopic (exact) mass is 374 g/mol. The largest absolute Gasteiger partial charge is 0.435 e. The second kappa shape index (κ2) is 8.39. The lowest BCUT2D eigenvalue weighted by Crippen LogP contribution is -2.38. The minimum absolute atomic E-state index is 0.135. The van der Waals surface area contributed by atoms with Gasteiger partial charge in [0.15, 0.2) is 5.69 Å². The van der Waals surface area contributed by atoms with Gasteiger partial charge < -0.3 is 10.1 Å². The number of ether oxygens (including phenoxy) is 1. The molecule has 2 fully saturated rings. The van der Waals surface area contributed by atoms with Crippen LogP contribution in [0, 0.1) is 0 Å². The molecule has 0 spiro atoms. The van der Waals surface area contributed by atoms with Crippen molar-refractivity contribution in [2.75, 3.05) is 39.4 Å². The molecule has 1 aromatic rings. The Bertz CT molecular complexity index is 608. The molecular weight excluding hydrogens is 349 g/mol. The second-order valence-corrected chi connectivity index (χ2v) is 6.86. The number of hydrogen-bond donors (Lipinski definition) is 1. The molecular formula is C17H25F3N4O2. The summed E-state index contributed by atoms with van der Waals surface area (Å²) in [5.74, 6) is -0.00651. The number of morpholine rings is 1. The van der Waals surface area contributed by atoms with Crippen molar-refractivity contribution in [1.82, 2.24) is 20.0 Å². The van der Waals surface area contributed by atoms with Gasteiger partial charge in [0.2, 0.25) is 5.91 Å². The number of nitrogens with zero attached hydrogens (tertiary/aromatic N) is 3. The molecule has 1 saturated carbocycles. The number of carbonyl (C=O) groups excluding carboxylic acids is 1. The molecule has 3 rings (SSSR count). The Hall–Kier alpha value is -1.61. The molecule has 6 nitrogen and oxygen atoms in total. The first-order valence-electron chi connectivity index (χ1n) is 9.15. The summed E-state index contributed by atoms with van der Waals surface area (Å²) in [6, 6.07) is 1.12. The molecule has 2 heterocycles. The van der Waals surface area contributed by atoms with Crippen molar-refractivity contribution < 1.29 is 22.7 Å². The Kier molecular flexibility index (Phi) is 6.18. The van der Waals surface area contributed by atoms with Gasteiger partial charge in [0.05, 0.1) is 13.2 Å². The fourth-order valence-corrected chi connectivity index (χ4v) is 3.11. The summed E-state index contributed by atoms with van der Waals surface area (Å²) in [5.41, 5.74) is -0.275. The van der Waals surface area contributed by atoms with E-state index >= 15 is 0 Å². The average Bonchev–Trinajstić information content (AvgIpc) is 3.36. The maximum absolute atomic E-state index is 12.9. The predicted molar refractivity (Wildman–Crippen MR) is 88.7 cm³/mol. The number of rotatable bonds is 8. The van der Waals surface area contributed by atoms with Gasteiger partial charge in [-0.3, -0.25) is 14.4 Å². The summed E-state index contributed by atoms with van der Waals surface area (Å²) in [5, 5.41) is 6.50. The molecule has 1 saturated heterocycles. The van der Waals surface area contributed by atoms with E-state index in [1.165, 1.54) is 4.68 Å². The molecule has 0 radical (unpaired) electrons. The smallest absolute Gasteiger partial charge is 0.379 e. The Morgan fingerprint density at radius 1 is 1.27 bits per heavy atom. The number of hydrogen-bond acceptors (Lipinski definition) is 4. The molecule has 1 N–H and O–H groups in total. The highest BCUT2D eigenvalue weighted by molar-refractivity contribution is 5.75. The van der Waals surface area contributed by atoms with E-state index in [9.17, 15) is 18.0 Å². The van der Waals surface area contributed by atoms with Crippen LogP contribution in [0.3, 0.4) is 0 Å². The van der Waals surface area contributed by atoms with Gasteiger partial charge in [0.25, 0.3) is 0 Å². The Morgan fingerprint density at radius 2 is 2.00 bits per heavy atom. The quantitative estimate of drug-likeness (QED) is 0.708. The Balaban J connectivity index is 1.40. The minimum Gasteiger partial charge on any atom is -0.379 e. The molecule has 0 atom stereocenters. The lowest BCUT2D eigenvalue weighted by atomic mass is 10.2. The van der Waals surface area contributed by atoms with E-state index in [1.807, 2.05) is 0 Å². The third-order valence-corrected chi connectivity index (χ3v) is 4.72. The topological polar surface area (TPSA) is 59.4 Å². The van der Waals surface area contributed by atoms with Crippen molar-refractivity contribution in [2.24, 2.45) is 0 Å². The number of amides is 1. The number of nitrogens with one attached hydrogen (secondary N) is 1. The van der Waals surface area contributed by atoms with E-state index in [4.69, 9.17) is 4.74 Å². The van der Waals surface area contributed by atoms with E-state index in [2.05, 4.69) is 15.3 Å². The Labute approximate surface area is 150 Å². The van der Waals surface area contributed by atoms with Crippen LogP contribution in [0.5, 0.6) is 0 Å². The molecule has 1 amide bonds. The molecule has 0 bridgehead atoms. The van der Waals surface area contributed by atoms with Gasteiger partial charge in [-0.15, -0.1) is 0 Å². The molecule has 1 aliphatic heterocycles. The number of carbonyl (C=O) groups is 1. The summed E-state index contributed by atoms with van der Waals surface area (Å²) in [7, 11) is 0. The van der Waals surface area contributed by atoms with Crippen LogP contribution in [0.4, 0.5) is 13.2 Å². The van der Waals surface area contributed by atoms with E-state index in [1.54, 1.807) is 0 Å². The fraction of sp³-hybridized carbons (Fsp3) is 0.765. The summed E-state index contributed by atoms with van der Waals surface area (Å²) in [4.78, 5) is 14.3. The van der Waals surface area contributed by atoms with Crippen LogP contribution in [-0.4, -0.2) is 60.0 Å². The zero-order valence-corrected chi connectivity index (χ0v) is 14.7. The SMILES string of the molecule is O=C(CCn1nc(C(F)(F)F)cc1C1CC1)NCCCN1CCOCC1. The number of halogens is 3. The van der Waals surface area contributed by atoms with Crippen LogP contribution in [-0.2, 0) is 22.3 Å². The first-order valence-corrected chi connectivity index (χ1v) is 9.15. The van der Waals surface area contributed by atoms with Gasteiger partial charge >= 0.3 is 6.18 Å². The number of alkyl halides is 3. The van der Waals surface area contributed by atoms with Crippen LogP contribution < -0.4 is 5.32 Å². The lowest BCUT2D eigenvalue weighted by molar-refractivity contribution is -0.141. The molecule has 9 heteroatoms. The summed E-state index contributed by atoms with van der Waals surface area (Å²) < 4.78 is 45.2. The first-order chi connectivity index (χ1) is 12.4. The highest BCUT2D eigenvalue weighted by Crippen LogP contribution is 2.42. The normalized spacial score (nSPS) is 18.9. The van der Waals surface area contributed by atoms with Gasteiger partial charge in [0, 0.05) is 44.2 Å². The van der Waals surface area contributed by atoms with Crippen LogP contribution in [0.2, 0.25) is 0 Å². The van der Waals surface area contributed by atoms with Gasteiger partial charge in [-0.25, -0.2) is 0 Å². The van der Waals surface area contributed by atoms with Crippen molar-refractivity contribution in [2.45, 2.75) is 44.3 Å². The van der Waals surface area contributed by atoms with Gasteiger partial charge in [0.1, 0.15) is 0 Å². The summed E-state index contributed by atoms with van der Waals surface area (Å²) in [6.07, 6.45) is -1.70. The van der Waals surface area contributed by atoms with Gasteiger partial charge in [-0.1, -0.05) is 0 Å². The average molecular weight is 374 g/mol. The highest BCUT2D eigenvalue weighted by atomic mass is 19.4. The van der Waals surface area contributed by atoms with Crippen LogP contribution in [0.25, 0.3) is 0 Å². The van der Waals surface area contributed by atoms with E-state index in [-0.39, 0.29) is 24.8 Å². The molecule has 0 unspecified atom stereocenters. The number of aromatic nitrogens is 2. The van der Waals surface area contributed by atoms with Crippen LogP contribution >= 0.6 is 0 Å².